The second-order valence-electron chi connectivity index (χ2n) is 6.11. The minimum Gasteiger partial charge on any atom is -0.252 e. The number of hydrogen-bond acceptors (Lipinski definition) is 4. The first-order valence-electron chi connectivity index (χ1n) is 7.65. The van der Waals surface area contributed by atoms with E-state index >= 15 is 0 Å². The minimum atomic E-state index is -0.958. The standard InChI is InChI=1S/C17H16F3N5/c1-11(16-15(20)6-21-8-23-16)17(2,7-25-10-22-9-24-25)13-4-3-12(18)5-14(13)19/h3-6,8-11H,7H2,1-2H3/t11-,17+/m1/s1. The van der Waals surface area contributed by atoms with Crippen LogP contribution in [-0.2, 0) is 12.0 Å². The molecule has 0 fully saturated rings. The van der Waals surface area contributed by atoms with Gasteiger partial charge in [-0.05, 0) is 11.6 Å². The van der Waals surface area contributed by atoms with Gasteiger partial charge in [0, 0.05) is 17.4 Å². The molecular formula is C17H16F3N5. The lowest BCUT2D eigenvalue weighted by molar-refractivity contribution is 0.300. The van der Waals surface area contributed by atoms with Crippen molar-refractivity contribution in [3.63, 3.8) is 0 Å². The van der Waals surface area contributed by atoms with Gasteiger partial charge in [0.15, 0.2) is 5.82 Å². The van der Waals surface area contributed by atoms with Crippen LogP contribution >= 0.6 is 0 Å². The van der Waals surface area contributed by atoms with Crippen LogP contribution in [0.4, 0.5) is 13.2 Å². The highest BCUT2D eigenvalue weighted by atomic mass is 19.1. The van der Waals surface area contributed by atoms with Crippen molar-refractivity contribution < 1.29 is 13.2 Å². The van der Waals surface area contributed by atoms with E-state index in [0.717, 1.165) is 12.3 Å². The second-order valence-corrected chi connectivity index (χ2v) is 6.11. The molecular weight excluding hydrogens is 331 g/mol. The second kappa shape index (κ2) is 6.62. The van der Waals surface area contributed by atoms with Crippen molar-refractivity contribution in [1.82, 2.24) is 24.7 Å². The number of hydrogen-bond donors (Lipinski definition) is 0. The van der Waals surface area contributed by atoms with Gasteiger partial charge in [0.2, 0.25) is 0 Å². The summed E-state index contributed by atoms with van der Waals surface area (Å²) in [6.45, 7) is 3.71. The van der Waals surface area contributed by atoms with E-state index in [9.17, 15) is 13.2 Å². The van der Waals surface area contributed by atoms with Crippen LogP contribution in [0.3, 0.4) is 0 Å². The van der Waals surface area contributed by atoms with Crippen LogP contribution in [0.15, 0.2) is 43.4 Å². The molecule has 8 heteroatoms. The van der Waals surface area contributed by atoms with Crippen molar-refractivity contribution in [1.29, 1.82) is 0 Å². The first-order valence-corrected chi connectivity index (χ1v) is 7.65. The molecule has 0 spiro atoms. The first kappa shape index (κ1) is 17.1. The summed E-state index contributed by atoms with van der Waals surface area (Å²) in [5.41, 5.74) is -0.558. The number of benzene rings is 1. The molecule has 2 aromatic heterocycles. The summed E-state index contributed by atoms with van der Waals surface area (Å²) < 4.78 is 43.6. The lowest BCUT2D eigenvalue weighted by Crippen LogP contribution is -2.36. The SMILES string of the molecule is C[C@H](c1ncncc1F)[C@](C)(Cn1cncn1)c1ccc(F)cc1F. The Kier molecular flexibility index (Phi) is 4.52. The van der Waals surface area contributed by atoms with Gasteiger partial charge in [-0.2, -0.15) is 5.10 Å². The number of rotatable bonds is 5. The monoisotopic (exact) mass is 347 g/mol. The molecule has 0 aliphatic carbocycles. The van der Waals surface area contributed by atoms with Crippen LogP contribution in [0.5, 0.6) is 0 Å². The molecule has 0 aliphatic rings. The number of halogens is 3. The van der Waals surface area contributed by atoms with Gasteiger partial charge in [-0.1, -0.05) is 19.9 Å². The van der Waals surface area contributed by atoms with E-state index in [2.05, 4.69) is 20.1 Å². The molecule has 2 heterocycles. The summed E-state index contributed by atoms with van der Waals surface area (Å²) in [6, 6.07) is 3.37. The zero-order chi connectivity index (χ0) is 18.0. The molecule has 0 radical (unpaired) electrons. The Bertz CT molecular complexity index is 868. The topological polar surface area (TPSA) is 56.5 Å². The molecule has 5 nitrogen and oxygen atoms in total. The molecule has 0 aliphatic heterocycles. The maximum Gasteiger partial charge on any atom is 0.163 e. The Morgan fingerprint density at radius 2 is 1.92 bits per heavy atom. The molecule has 0 saturated carbocycles. The van der Waals surface area contributed by atoms with E-state index in [1.54, 1.807) is 13.8 Å². The van der Waals surface area contributed by atoms with Crippen molar-refractivity contribution >= 4 is 0 Å². The molecule has 0 N–H and O–H groups in total. The van der Waals surface area contributed by atoms with Gasteiger partial charge in [0.25, 0.3) is 0 Å². The van der Waals surface area contributed by atoms with E-state index in [-0.39, 0.29) is 17.8 Å². The van der Waals surface area contributed by atoms with Gasteiger partial charge < -0.3 is 0 Å². The van der Waals surface area contributed by atoms with Gasteiger partial charge >= 0.3 is 0 Å². The largest absolute Gasteiger partial charge is 0.252 e. The van der Waals surface area contributed by atoms with Crippen LogP contribution in [-0.4, -0.2) is 24.7 Å². The highest BCUT2D eigenvalue weighted by Gasteiger charge is 2.39. The van der Waals surface area contributed by atoms with Crippen LogP contribution in [0.25, 0.3) is 0 Å². The van der Waals surface area contributed by atoms with Gasteiger partial charge in [-0.3, -0.25) is 4.68 Å². The third kappa shape index (κ3) is 3.24. The molecule has 3 rings (SSSR count). The van der Waals surface area contributed by atoms with Crippen LogP contribution in [0, 0.1) is 17.5 Å². The first-order chi connectivity index (χ1) is 11.9. The molecule has 0 unspecified atom stereocenters. The van der Waals surface area contributed by atoms with Gasteiger partial charge in [-0.15, -0.1) is 0 Å². The highest BCUT2D eigenvalue weighted by Crippen LogP contribution is 2.41. The third-order valence-corrected chi connectivity index (χ3v) is 4.57. The zero-order valence-corrected chi connectivity index (χ0v) is 13.7. The van der Waals surface area contributed by atoms with Gasteiger partial charge in [0.1, 0.15) is 30.6 Å². The Morgan fingerprint density at radius 1 is 1.12 bits per heavy atom. The van der Waals surface area contributed by atoms with E-state index in [0.29, 0.717) is 0 Å². The summed E-state index contributed by atoms with van der Waals surface area (Å²) in [5, 5.41) is 4.05. The molecule has 0 bridgehead atoms. The van der Waals surface area contributed by atoms with Crippen molar-refractivity contribution in [3.8, 4) is 0 Å². The number of aromatic nitrogens is 5. The predicted octanol–water partition coefficient (Wildman–Crippen LogP) is 3.25. The average Bonchev–Trinajstić information content (AvgIpc) is 3.07. The maximum atomic E-state index is 14.5. The third-order valence-electron chi connectivity index (χ3n) is 4.57. The molecule has 2 atom stereocenters. The molecule has 25 heavy (non-hydrogen) atoms. The fourth-order valence-corrected chi connectivity index (χ4v) is 3.00. The summed E-state index contributed by atoms with van der Waals surface area (Å²) in [7, 11) is 0. The Balaban J connectivity index is 2.13. The maximum absolute atomic E-state index is 14.5. The Labute approximate surface area is 142 Å². The van der Waals surface area contributed by atoms with Gasteiger partial charge in [0.05, 0.1) is 18.4 Å². The summed E-state index contributed by atoms with van der Waals surface area (Å²) in [5.74, 6) is -2.50. The molecule has 130 valence electrons. The molecule has 0 saturated heterocycles. The van der Waals surface area contributed by atoms with Crippen LogP contribution in [0.1, 0.15) is 31.0 Å². The lowest BCUT2D eigenvalue weighted by atomic mass is 9.70. The predicted molar refractivity (Wildman–Crippen MR) is 84.1 cm³/mol. The Morgan fingerprint density at radius 3 is 2.56 bits per heavy atom. The average molecular weight is 347 g/mol. The number of nitrogens with zero attached hydrogens (tertiary/aromatic N) is 5. The summed E-state index contributed by atoms with van der Waals surface area (Å²) in [6.07, 6.45) is 5.15. The van der Waals surface area contributed by atoms with E-state index in [4.69, 9.17) is 0 Å². The van der Waals surface area contributed by atoms with Crippen LogP contribution in [0.2, 0.25) is 0 Å². The van der Waals surface area contributed by atoms with Gasteiger partial charge in [-0.25, -0.2) is 28.1 Å². The van der Waals surface area contributed by atoms with Crippen molar-refractivity contribution in [2.75, 3.05) is 0 Å². The summed E-state index contributed by atoms with van der Waals surface area (Å²) in [4.78, 5) is 11.6. The highest BCUT2D eigenvalue weighted by molar-refractivity contribution is 5.32. The van der Waals surface area contributed by atoms with Crippen molar-refractivity contribution in [2.24, 2.45) is 0 Å². The lowest BCUT2D eigenvalue weighted by Gasteiger charge is -2.36. The molecule has 0 amide bonds. The normalized spacial score (nSPS) is 14.9. The van der Waals surface area contributed by atoms with E-state index < -0.39 is 28.8 Å². The fraction of sp³-hybridized carbons (Fsp3) is 0.294. The molecule has 1 aromatic carbocycles. The fourth-order valence-electron chi connectivity index (χ4n) is 3.00. The summed E-state index contributed by atoms with van der Waals surface area (Å²) >= 11 is 0. The van der Waals surface area contributed by atoms with Crippen molar-refractivity contribution in [3.05, 3.63) is 72.1 Å². The van der Waals surface area contributed by atoms with Crippen molar-refractivity contribution in [2.45, 2.75) is 31.7 Å². The quantitative estimate of drug-likeness (QED) is 0.711. The Hall–Kier alpha value is -2.77. The smallest absolute Gasteiger partial charge is 0.163 e. The zero-order valence-electron chi connectivity index (χ0n) is 13.7. The molecule has 3 aromatic rings. The van der Waals surface area contributed by atoms with E-state index in [1.165, 1.54) is 35.8 Å². The minimum absolute atomic E-state index is 0.154. The van der Waals surface area contributed by atoms with Crippen LogP contribution < -0.4 is 0 Å². The van der Waals surface area contributed by atoms with E-state index in [1.807, 2.05) is 0 Å².